The quantitative estimate of drug-likeness (QED) is 0.633. The Balaban J connectivity index is 2.04. The summed E-state index contributed by atoms with van der Waals surface area (Å²) in [6, 6.07) is 4.77. The van der Waals surface area contributed by atoms with E-state index in [1.54, 1.807) is 4.90 Å². The lowest BCUT2D eigenvalue weighted by Gasteiger charge is -2.25. The van der Waals surface area contributed by atoms with Gasteiger partial charge in [-0.2, -0.15) is 13.2 Å². The van der Waals surface area contributed by atoms with Crippen LogP contribution in [0.3, 0.4) is 0 Å². The van der Waals surface area contributed by atoms with Gasteiger partial charge in [0, 0.05) is 24.1 Å². The second-order valence-electron chi connectivity index (χ2n) is 7.54. The molecule has 0 spiro atoms. The van der Waals surface area contributed by atoms with Gasteiger partial charge in [0.25, 0.3) is 0 Å². The van der Waals surface area contributed by atoms with Crippen molar-refractivity contribution in [2.24, 2.45) is 5.41 Å². The zero-order chi connectivity index (χ0) is 18.9. The second-order valence-corrected chi connectivity index (χ2v) is 7.54. The Morgan fingerprint density at radius 3 is 2.32 bits per heavy atom. The van der Waals surface area contributed by atoms with Crippen LogP contribution in [0.1, 0.15) is 45.2 Å². The summed E-state index contributed by atoms with van der Waals surface area (Å²) in [4.78, 5) is 13.7. The summed E-state index contributed by atoms with van der Waals surface area (Å²) in [5.41, 5.74) is -1.13. The molecule has 0 saturated carbocycles. The van der Waals surface area contributed by atoms with Crippen molar-refractivity contribution in [3.05, 3.63) is 35.4 Å². The maximum atomic E-state index is 12.6. The number of hydrogen-bond donors (Lipinski definition) is 0. The van der Waals surface area contributed by atoms with Crippen LogP contribution < -0.4 is 0 Å². The molecule has 1 aromatic rings. The smallest absolute Gasteiger partial charge is 0.416 e. The van der Waals surface area contributed by atoms with Crippen LogP contribution in [0.2, 0.25) is 0 Å². The first-order valence-corrected chi connectivity index (χ1v) is 8.06. The molecule has 0 radical (unpaired) electrons. The van der Waals surface area contributed by atoms with Gasteiger partial charge >= 0.3 is 12.3 Å². The lowest BCUT2D eigenvalue weighted by atomic mass is 9.90. The molecule has 1 amide bonds. The van der Waals surface area contributed by atoms with Gasteiger partial charge in [0.15, 0.2) is 0 Å². The Bertz CT molecular complexity index is 693. The number of halogens is 3. The van der Waals surface area contributed by atoms with Crippen LogP contribution in [-0.4, -0.2) is 29.7 Å². The van der Waals surface area contributed by atoms with E-state index in [0.717, 1.165) is 12.1 Å². The fourth-order valence-corrected chi connectivity index (χ4v) is 2.51. The van der Waals surface area contributed by atoms with Crippen molar-refractivity contribution in [2.45, 2.75) is 45.9 Å². The SMILES string of the molecule is CC1(C#Cc2ccc(C(F)(F)F)cc2)CCN(C(=O)OC(C)(C)C)C1. The maximum absolute atomic E-state index is 12.6. The summed E-state index contributed by atoms with van der Waals surface area (Å²) >= 11 is 0. The minimum absolute atomic E-state index is 0.368. The van der Waals surface area contributed by atoms with E-state index >= 15 is 0 Å². The van der Waals surface area contributed by atoms with Crippen molar-refractivity contribution in [3.8, 4) is 11.8 Å². The molecule has 2 rings (SSSR count). The summed E-state index contributed by atoms with van der Waals surface area (Å²) in [6.07, 6.45) is -4.02. The van der Waals surface area contributed by atoms with Crippen molar-refractivity contribution >= 4 is 6.09 Å². The van der Waals surface area contributed by atoms with Gasteiger partial charge in [0.1, 0.15) is 5.60 Å². The maximum Gasteiger partial charge on any atom is 0.416 e. The molecule has 1 saturated heterocycles. The Morgan fingerprint density at radius 1 is 1.20 bits per heavy atom. The number of alkyl halides is 3. The lowest BCUT2D eigenvalue weighted by Crippen LogP contribution is -2.36. The predicted octanol–water partition coefficient (Wildman–Crippen LogP) is 4.70. The van der Waals surface area contributed by atoms with Crippen LogP contribution in [0.5, 0.6) is 0 Å². The highest BCUT2D eigenvalue weighted by atomic mass is 19.4. The third-order valence-corrected chi connectivity index (χ3v) is 3.85. The zero-order valence-electron chi connectivity index (χ0n) is 14.8. The molecule has 0 aliphatic carbocycles. The molecular formula is C19H22F3NO2. The largest absolute Gasteiger partial charge is 0.444 e. The van der Waals surface area contributed by atoms with Crippen LogP contribution in [-0.2, 0) is 10.9 Å². The van der Waals surface area contributed by atoms with Gasteiger partial charge in [-0.25, -0.2) is 4.79 Å². The fraction of sp³-hybridized carbons (Fsp3) is 0.526. The standard InChI is InChI=1S/C19H22F3NO2/c1-17(2,3)25-16(24)23-12-11-18(4,13-23)10-9-14-5-7-15(8-6-14)19(20,21)22/h5-8H,11-13H2,1-4H3. The molecule has 0 aromatic heterocycles. The Kier molecular flexibility index (Phi) is 5.08. The monoisotopic (exact) mass is 353 g/mol. The molecule has 1 heterocycles. The molecule has 1 aliphatic rings. The third kappa shape index (κ3) is 5.42. The van der Waals surface area contributed by atoms with Gasteiger partial charge in [-0.3, -0.25) is 0 Å². The Morgan fingerprint density at radius 2 is 1.80 bits per heavy atom. The first kappa shape index (κ1) is 19.2. The number of likely N-dealkylation sites (tertiary alicyclic amines) is 1. The van der Waals surface area contributed by atoms with E-state index in [9.17, 15) is 18.0 Å². The van der Waals surface area contributed by atoms with Crippen molar-refractivity contribution in [1.29, 1.82) is 0 Å². The molecule has 1 fully saturated rings. The summed E-state index contributed by atoms with van der Waals surface area (Å²) < 4.78 is 43.0. The zero-order valence-corrected chi connectivity index (χ0v) is 14.8. The third-order valence-electron chi connectivity index (χ3n) is 3.85. The average Bonchev–Trinajstić information content (AvgIpc) is 2.86. The summed E-state index contributed by atoms with van der Waals surface area (Å²) in [5, 5.41) is 0. The highest BCUT2D eigenvalue weighted by Crippen LogP contribution is 2.31. The molecule has 3 nitrogen and oxygen atoms in total. The molecular weight excluding hydrogens is 331 g/mol. The number of ether oxygens (including phenoxy) is 1. The molecule has 25 heavy (non-hydrogen) atoms. The molecule has 1 aliphatic heterocycles. The van der Waals surface area contributed by atoms with Gasteiger partial charge in [0.05, 0.1) is 5.56 Å². The Hall–Kier alpha value is -2.16. The van der Waals surface area contributed by atoms with E-state index in [-0.39, 0.29) is 6.09 Å². The number of benzene rings is 1. The summed E-state index contributed by atoms with van der Waals surface area (Å²) in [6.45, 7) is 8.36. The fourth-order valence-electron chi connectivity index (χ4n) is 2.51. The molecule has 0 bridgehead atoms. The topological polar surface area (TPSA) is 29.5 Å². The number of carbonyl (C=O) groups excluding carboxylic acids is 1. The summed E-state index contributed by atoms with van der Waals surface area (Å²) in [5.74, 6) is 6.02. The van der Waals surface area contributed by atoms with E-state index in [0.29, 0.717) is 25.1 Å². The molecule has 6 heteroatoms. The highest BCUT2D eigenvalue weighted by molar-refractivity contribution is 5.68. The molecule has 136 valence electrons. The van der Waals surface area contributed by atoms with Gasteiger partial charge < -0.3 is 9.64 Å². The number of hydrogen-bond acceptors (Lipinski definition) is 2. The van der Waals surface area contributed by atoms with Gasteiger partial charge in [-0.1, -0.05) is 11.8 Å². The lowest BCUT2D eigenvalue weighted by molar-refractivity contribution is -0.137. The van der Waals surface area contributed by atoms with Crippen molar-refractivity contribution in [1.82, 2.24) is 4.90 Å². The van der Waals surface area contributed by atoms with E-state index in [1.165, 1.54) is 12.1 Å². The van der Waals surface area contributed by atoms with E-state index in [4.69, 9.17) is 4.74 Å². The minimum atomic E-state index is -4.35. The van der Waals surface area contributed by atoms with E-state index < -0.39 is 22.8 Å². The van der Waals surface area contributed by atoms with Gasteiger partial charge in [0.2, 0.25) is 0 Å². The van der Waals surface area contributed by atoms with Crippen LogP contribution in [0.4, 0.5) is 18.0 Å². The van der Waals surface area contributed by atoms with Crippen molar-refractivity contribution in [3.63, 3.8) is 0 Å². The molecule has 1 unspecified atom stereocenters. The van der Waals surface area contributed by atoms with Crippen molar-refractivity contribution in [2.75, 3.05) is 13.1 Å². The van der Waals surface area contributed by atoms with Gasteiger partial charge in [-0.15, -0.1) is 0 Å². The van der Waals surface area contributed by atoms with Crippen LogP contribution in [0.15, 0.2) is 24.3 Å². The second kappa shape index (κ2) is 6.62. The van der Waals surface area contributed by atoms with Crippen LogP contribution >= 0.6 is 0 Å². The average molecular weight is 353 g/mol. The van der Waals surface area contributed by atoms with Gasteiger partial charge in [-0.05, 0) is 58.4 Å². The predicted molar refractivity (Wildman–Crippen MR) is 88.9 cm³/mol. The summed E-state index contributed by atoms with van der Waals surface area (Å²) in [7, 11) is 0. The number of amides is 1. The first-order valence-electron chi connectivity index (χ1n) is 8.06. The number of carbonyl (C=O) groups is 1. The van der Waals surface area contributed by atoms with E-state index in [1.807, 2.05) is 27.7 Å². The first-order chi connectivity index (χ1) is 11.4. The normalized spacial score (nSPS) is 20.8. The highest BCUT2D eigenvalue weighted by Gasteiger charge is 2.36. The van der Waals surface area contributed by atoms with E-state index in [2.05, 4.69) is 11.8 Å². The molecule has 1 atom stereocenters. The van der Waals surface area contributed by atoms with Crippen molar-refractivity contribution < 1.29 is 22.7 Å². The van der Waals surface area contributed by atoms with Crippen LogP contribution in [0, 0.1) is 17.3 Å². The number of rotatable bonds is 0. The molecule has 1 aromatic carbocycles. The molecule has 0 N–H and O–H groups in total. The van der Waals surface area contributed by atoms with Crippen LogP contribution in [0.25, 0.3) is 0 Å². The number of nitrogens with zero attached hydrogens (tertiary/aromatic N) is 1. The Labute approximate surface area is 146 Å². The minimum Gasteiger partial charge on any atom is -0.444 e.